The highest BCUT2D eigenvalue weighted by Gasteiger charge is 2.19. The first kappa shape index (κ1) is 14.8. The lowest BCUT2D eigenvalue weighted by Gasteiger charge is -2.07. The van der Waals surface area contributed by atoms with E-state index >= 15 is 0 Å². The van der Waals surface area contributed by atoms with E-state index in [0.717, 1.165) is 50.8 Å². The highest BCUT2D eigenvalue weighted by atomic mass is 16.4. The van der Waals surface area contributed by atoms with Crippen molar-refractivity contribution in [3.8, 4) is 11.1 Å². The normalized spacial score (nSPS) is 11.5. The monoisotopic (exact) mass is 318 g/mol. The molecule has 3 heteroatoms. The molecule has 2 aromatic heterocycles. The van der Waals surface area contributed by atoms with Crippen LogP contribution in [0, 0.1) is 13.8 Å². The molecule has 0 aliphatic heterocycles. The van der Waals surface area contributed by atoms with Crippen LogP contribution in [0.2, 0.25) is 0 Å². The molecule has 4 aromatic rings. The van der Waals surface area contributed by atoms with Crippen LogP contribution in [-0.4, -0.2) is 0 Å². The second-order valence-corrected chi connectivity index (χ2v) is 6.10. The molecule has 0 amide bonds. The van der Waals surface area contributed by atoms with Gasteiger partial charge in [0.2, 0.25) is 0 Å². The number of aryl methyl sites for hydroxylation is 3. The highest BCUT2D eigenvalue weighted by molar-refractivity contribution is 6.05. The van der Waals surface area contributed by atoms with Gasteiger partial charge >= 0.3 is 5.63 Å². The fraction of sp³-hybridized carbons (Fsp3) is 0.190. The Labute approximate surface area is 139 Å². The number of furan rings is 1. The first-order valence-electron chi connectivity index (χ1n) is 8.15. The standard InChI is InChI=1S/C21H18O3/c1-4-14-10-18(22)24-20-12(2)21-17(11-16(14)20)19(13(3)23-21)15-8-6-5-7-9-15/h5-11H,4H2,1-3H3. The molecule has 0 saturated heterocycles. The maximum absolute atomic E-state index is 11.8. The molecule has 3 nitrogen and oxygen atoms in total. The largest absolute Gasteiger partial charge is 0.460 e. The average Bonchev–Trinajstić information content (AvgIpc) is 2.92. The van der Waals surface area contributed by atoms with Gasteiger partial charge < -0.3 is 8.83 Å². The molecule has 0 bridgehead atoms. The topological polar surface area (TPSA) is 43.4 Å². The van der Waals surface area contributed by atoms with Gasteiger partial charge in [0.1, 0.15) is 16.9 Å². The molecule has 0 aliphatic carbocycles. The predicted octanol–water partition coefficient (Wildman–Crippen LogP) is 5.39. The van der Waals surface area contributed by atoms with E-state index in [1.165, 1.54) is 0 Å². The molecule has 2 heterocycles. The Hall–Kier alpha value is -2.81. The molecule has 2 aromatic carbocycles. The van der Waals surface area contributed by atoms with Crippen LogP contribution in [0.25, 0.3) is 33.1 Å². The van der Waals surface area contributed by atoms with Crippen LogP contribution in [0.1, 0.15) is 23.8 Å². The third-order valence-corrected chi connectivity index (χ3v) is 4.62. The van der Waals surface area contributed by atoms with Crippen molar-refractivity contribution in [2.45, 2.75) is 27.2 Å². The Kier molecular flexibility index (Phi) is 3.31. The van der Waals surface area contributed by atoms with Crippen LogP contribution >= 0.6 is 0 Å². The molecular weight excluding hydrogens is 300 g/mol. The van der Waals surface area contributed by atoms with E-state index in [0.29, 0.717) is 5.58 Å². The summed E-state index contributed by atoms with van der Waals surface area (Å²) < 4.78 is 11.5. The number of hydrogen-bond donors (Lipinski definition) is 0. The molecule has 0 N–H and O–H groups in total. The summed E-state index contributed by atoms with van der Waals surface area (Å²) in [5, 5.41) is 2.05. The molecule has 24 heavy (non-hydrogen) atoms. The van der Waals surface area contributed by atoms with Crippen LogP contribution in [0.5, 0.6) is 0 Å². The van der Waals surface area contributed by atoms with Crippen molar-refractivity contribution in [2.24, 2.45) is 0 Å². The van der Waals surface area contributed by atoms with Crippen molar-refractivity contribution < 1.29 is 8.83 Å². The van der Waals surface area contributed by atoms with Crippen LogP contribution in [-0.2, 0) is 6.42 Å². The first-order chi connectivity index (χ1) is 11.6. The van der Waals surface area contributed by atoms with E-state index in [1.807, 2.05) is 39.0 Å². The number of hydrogen-bond acceptors (Lipinski definition) is 3. The first-order valence-corrected chi connectivity index (χ1v) is 8.15. The summed E-state index contributed by atoms with van der Waals surface area (Å²) in [6, 6.07) is 13.9. The van der Waals surface area contributed by atoms with E-state index in [4.69, 9.17) is 8.83 Å². The minimum Gasteiger partial charge on any atom is -0.460 e. The SMILES string of the molecule is CCc1cc(=O)oc2c(C)c3oc(C)c(-c4ccccc4)c3cc12. The van der Waals surface area contributed by atoms with Crippen LogP contribution in [0.15, 0.2) is 56.1 Å². The molecule has 0 atom stereocenters. The summed E-state index contributed by atoms with van der Waals surface area (Å²) in [6.07, 6.45) is 0.782. The van der Waals surface area contributed by atoms with Crippen molar-refractivity contribution in [1.29, 1.82) is 0 Å². The highest BCUT2D eigenvalue weighted by Crippen LogP contribution is 2.39. The third-order valence-electron chi connectivity index (χ3n) is 4.62. The van der Waals surface area contributed by atoms with Gasteiger partial charge in [-0.3, -0.25) is 0 Å². The number of rotatable bonds is 2. The smallest absolute Gasteiger partial charge is 0.336 e. The van der Waals surface area contributed by atoms with Gasteiger partial charge in [-0.2, -0.15) is 0 Å². The van der Waals surface area contributed by atoms with Gasteiger partial charge in [0.25, 0.3) is 0 Å². The second kappa shape index (κ2) is 5.38. The quantitative estimate of drug-likeness (QED) is 0.466. The summed E-state index contributed by atoms with van der Waals surface area (Å²) in [7, 11) is 0. The van der Waals surface area contributed by atoms with Crippen molar-refractivity contribution in [3.05, 3.63) is 69.8 Å². The van der Waals surface area contributed by atoms with Gasteiger partial charge in [0.15, 0.2) is 0 Å². The lowest BCUT2D eigenvalue weighted by molar-refractivity contribution is 0.551. The number of benzene rings is 2. The third kappa shape index (κ3) is 2.08. The molecule has 4 rings (SSSR count). The fourth-order valence-electron chi connectivity index (χ4n) is 3.47. The molecule has 0 aliphatic rings. The fourth-order valence-corrected chi connectivity index (χ4v) is 3.47. The van der Waals surface area contributed by atoms with Gasteiger partial charge in [0, 0.05) is 28.0 Å². The minimum absolute atomic E-state index is 0.312. The Bertz CT molecular complexity index is 1110. The summed E-state index contributed by atoms with van der Waals surface area (Å²) in [5.41, 5.74) is 5.21. The van der Waals surface area contributed by atoms with Crippen molar-refractivity contribution in [3.63, 3.8) is 0 Å². The molecule has 0 spiro atoms. The molecule has 0 radical (unpaired) electrons. The summed E-state index contributed by atoms with van der Waals surface area (Å²) in [6.45, 7) is 5.97. The lowest BCUT2D eigenvalue weighted by Crippen LogP contribution is -2.01. The van der Waals surface area contributed by atoms with E-state index in [9.17, 15) is 4.79 Å². The summed E-state index contributed by atoms with van der Waals surface area (Å²) in [5.74, 6) is 0.870. The predicted molar refractivity (Wildman–Crippen MR) is 96.5 cm³/mol. The van der Waals surface area contributed by atoms with E-state index in [1.54, 1.807) is 6.07 Å². The zero-order chi connectivity index (χ0) is 16.8. The zero-order valence-electron chi connectivity index (χ0n) is 14.0. The molecule has 0 unspecified atom stereocenters. The van der Waals surface area contributed by atoms with E-state index in [2.05, 4.69) is 18.2 Å². The average molecular weight is 318 g/mol. The van der Waals surface area contributed by atoms with Crippen molar-refractivity contribution in [1.82, 2.24) is 0 Å². The molecule has 120 valence electrons. The minimum atomic E-state index is -0.312. The zero-order valence-corrected chi connectivity index (χ0v) is 14.0. The molecule has 0 saturated carbocycles. The Balaban J connectivity index is 2.18. The van der Waals surface area contributed by atoms with Crippen LogP contribution < -0.4 is 5.63 Å². The Morgan fingerprint density at radius 3 is 2.33 bits per heavy atom. The summed E-state index contributed by atoms with van der Waals surface area (Å²) in [4.78, 5) is 11.8. The maximum atomic E-state index is 11.8. The molecular formula is C21H18O3. The summed E-state index contributed by atoms with van der Waals surface area (Å²) >= 11 is 0. The van der Waals surface area contributed by atoms with E-state index in [-0.39, 0.29) is 5.63 Å². The Morgan fingerprint density at radius 2 is 1.62 bits per heavy atom. The van der Waals surface area contributed by atoms with Gasteiger partial charge in [-0.25, -0.2) is 4.79 Å². The van der Waals surface area contributed by atoms with E-state index < -0.39 is 0 Å². The Morgan fingerprint density at radius 1 is 0.917 bits per heavy atom. The maximum Gasteiger partial charge on any atom is 0.336 e. The number of fused-ring (bicyclic) bond motifs is 2. The van der Waals surface area contributed by atoms with Crippen LogP contribution in [0.3, 0.4) is 0 Å². The lowest BCUT2D eigenvalue weighted by atomic mass is 9.97. The van der Waals surface area contributed by atoms with Gasteiger partial charge in [0.05, 0.1) is 0 Å². The van der Waals surface area contributed by atoms with Gasteiger partial charge in [-0.15, -0.1) is 0 Å². The second-order valence-electron chi connectivity index (χ2n) is 6.10. The molecule has 0 fully saturated rings. The van der Waals surface area contributed by atoms with Gasteiger partial charge in [-0.1, -0.05) is 37.3 Å². The van der Waals surface area contributed by atoms with Crippen molar-refractivity contribution in [2.75, 3.05) is 0 Å². The van der Waals surface area contributed by atoms with Crippen molar-refractivity contribution >= 4 is 21.9 Å². The van der Waals surface area contributed by atoms with Gasteiger partial charge in [-0.05, 0) is 37.5 Å². The van der Waals surface area contributed by atoms with Crippen LogP contribution in [0.4, 0.5) is 0 Å².